The third-order valence-electron chi connectivity index (χ3n) is 2.53. The van der Waals surface area contributed by atoms with E-state index in [0.29, 0.717) is 5.02 Å². The summed E-state index contributed by atoms with van der Waals surface area (Å²) >= 11 is 5.63. The number of carbonyl (C=O) groups is 1. The summed E-state index contributed by atoms with van der Waals surface area (Å²) in [6, 6.07) is 12.5. The van der Waals surface area contributed by atoms with E-state index in [2.05, 4.69) is 0 Å². The van der Waals surface area contributed by atoms with Gasteiger partial charge in [0.25, 0.3) is 0 Å². The number of ketones is 1. The summed E-state index contributed by atoms with van der Waals surface area (Å²) in [5.41, 5.74) is -0.377. The molecule has 0 aliphatic heterocycles. The van der Waals surface area contributed by atoms with Crippen molar-refractivity contribution in [3.8, 4) is 0 Å². The monoisotopic (exact) mass is 266 g/mol. The molecule has 0 saturated heterocycles. The molecule has 0 unspecified atom stereocenters. The lowest BCUT2D eigenvalue weighted by atomic mass is 9.99. The second kappa shape index (κ2) is 4.86. The Morgan fingerprint density at radius 2 is 1.50 bits per heavy atom. The van der Waals surface area contributed by atoms with Crippen molar-refractivity contribution in [3.05, 3.63) is 70.7 Å². The highest BCUT2D eigenvalue weighted by molar-refractivity contribution is 6.30. The molecule has 2 aromatic rings. The summed E-state index contributed by atoms with van der Waals surface area (Å²) in [7, 11) is 0. The summed E-state index contributed by atoms with van der Waals surface area (Å²) in [4.78, 5) is 11.8. The fraction of sp³-hybridized carbons (Fsp3) is 0.0714. The average Bonchev–Trinajstić information content (AvgIpc) is 2.39. The number of halogens is 3. The number of Topliss-reactive ketones (excluding diaryl/α,β-unsaturated/α-hetero) is 1. The largest absolute Gasteiger partial charge is 0.334 e. The number of rotatable bonds is 3. The molecule has 18 heavy (non-hydrogen) atoms. The van der Waals surface area contributed by atoms with E-state index in [1.54, 1.807) is 18.2 Å². The number of alkyl halides is 2. The summed E-state index contributed by atoms with van der Waals surface area (Å²) < 4.78 is 27.9. The minimum absolute atomic E-state index is 0.0162. The zero-order valence-electron chi connectivity index (χ0n) is 9.24. The fourth-order valence-electron chi connectivity index (χ4n) is 1.56. The molecule has 0 bridgehead atoms. The fourth-order valence-corrected chi connectivity index (χ4v) is 1.69. The average molecular weight is 267 g/mol. The number of hydrogen-bond acceptors (Lipinski definition) is 1. The highest BCUT2D eigenvalue weighted by Crippen LogP contribution is 2.32. The van der Waals surface area contributed by atoms with Crippen LogP contribution >= 0.6 is 11.6 Å². The molecule has 0 aromatic heterocycles. The molecule has 0 spiro atoms. The van der Waals surface area contributed by atoms with E-state index in [1.807, 2.05) is 0 Å². The Balaban J connectivity index is 2.37. The molecule has 0 radical (unpaired) electrons. The topological polar surface area (TPSA) is 17.1 Å². The molecule has 0 N–H and O–H groups in total. The van der Waals surface area contributed by atoms with Crippen molar-refractivity contribution in [1.29, 1.82) is 0 Å². The minimum atomic E-state index is -3.55. The van der Waals surface area contributed by atoms with Gasteiger partial charge in [0, 0.05) is 16.1 Å². The molecule has 2 aromatic carbocycles. The zero-order chi connectivity index (χ0) is 13.2. The van der Waals surface area contributed by atoms with Gasteiger partial charge in [0.2, 0.25) is 5.78 Å². The Kier molecular flexibility index (Phi) is 3.43. The Hall–Kier alpha value is -1.74. The molecule has 4 heteroatoms. The Bertz CT molecular complexity index is 550. The first-order valence-corrected chi connectivity index (χ1v) is 5.63. The van der Waals surface area contributed by atoms with E-state index < -0.39 is 11.7 Å². The summed E-state index contributed by atoms with van der Waals surface area (Å²) in [5.74, 6) is -4.77. The molecule has 0 saturated carbocycles. The molecule has 0 aliphatic carbocycles. The van der Waals surface area contributed by atoms with Crippen molar-refractivity contribution >= 4 is 17.4 Å². The summed E-state index contributed by atoms with van der Waals surface area (Å²) in [6.45, 7) is 0. The van der Waals surface area contributed by atoms with Crippen LogP contribution in [-0.4, -0.2) is 5.78 Å². The van der Waals surface area contributed by atoms with Crippen molar-refractivity contribution < 1.29 is 13.6 Å². The van der Waals surface area contributed by atoms with Crippen LogP contribution in [0.25, 0.3) is 0 Å². The smallest absolute Gasteiger partial charge is 0.287 e. The first-order chi connectivity index (χ1) is 8.51. The van der Waals surface area contributed by atoms with Gasteiger partial charge in [-0.1, -0.05) is 54.1 Å². The van der Waals surface area contributed by atoms with Gasteiger partial charge in [-0.25, -0.2) is 0 Å². The molecule has 0 aliphatic rings. The van der Waals surface area contributed by atoms with Gasteiger partial charge in [0.15, 0.2) is 0 Å². The highest BCUT2D eigenvalue weighted by Gasteiger charge is 2.41. The van der Waals surface area contributed by atoms with Crippen molar-refractivity contribution in [2.75, 3.05) is 0 Å². The molecular weight excluding hydrogens is 258 g/mol. The van der Waals surface area contributed by atoms with Gasteiger partial charge in [-0.2, -0.15) is 8.78 Å². The zero-order valence-corrected chi connectivity index (χ0v) is 9.99. The maximum absolute atomic E-state index is 14.0. The minimum Gasteiger partial charge on any atom is -0.287 e. The Morgan fingerprint density at radius 3 is 2.06 bits per heavy atom. The molecule has 2 rings (SSSR count). The molecule has 0 amide bonds. The van der Waals surface area contributed by atoms with Gasteiger partial charge in [-0.05, 0) is 12.1 Å². The quantitative estimate of drug-likeness (QED) is 0.757. The third kappa shape index (κ3) is 2.41. The highest BCUT2D eigenvalue weighted by atomic mass is 35.5. The van der Waals surface area contributed by atoms with Crippen molar-refractivity contribution in [2.45, 2.75) is 5.92 Å². The van der Waals surface area contributed by atoms with E-state index in [9.17, 15) is 13.6 Å². The standard InChI is InChI=1S/C14H9ClF2O/c15-12-8-6-11(7-9-12)14(16,17)13(18)10-4-2-1-3-5-10/h1-9H. The van der Waals surface area contributed by atoms with Crippen molar-refractivity contribution in [1.82, 2.24) is 0 Å². The lowest BCUT2D eigenvalue weighted by Gasteiger charge is -2.15. The van der Waals surface area contributed by atoms with E-state index in [-0.39, 0.29) is 11.1 Å². The SMILES string of the molecule is O=C(c1ccccc1)C(F)(F)c1ccc(Cl)cc1. The Labute approximate surface area is 108 Å². The molecule has 1 nitrogen and oxygen atoms in total. The van der Waals surface area contributed by atoms with Crippen molar-refractivity contribution in [3.63, 3.8) is 0 Å². The van der Waals surface area contributed by atoms with E-state index in [1.165, 1.54) is 24.3 Å². The van der Waals surface area contributed by atoms with Crippen molar-refractivity contribution in [2.24, 2.45) is 0 Å². The van der Waals surface area contributed by atoms with Gasteiger partial charge in [-0.15, -0.1) is 0 Å². The van der Waals surface area contributed by atoms with Crippen LogP contribution in [0.15, 0.2) is 54.6 Å². The van der Waals surface area contributed by atoms with E-state index in [0.717, 1.165) is 12.1 Å². The van der Waals surface area contributed by atoms with Crippen LogP contribution in [0.3, 0.4) is 0 Å². The molecule has 0 heterocycles. The van der Waals surface area contributed by atoms with Gasteiger partial charge in [0.1, 0.15) is 0 Å². The first kappa shape index (κ1) is 12.7. The lowest BCUT2D eigenvalue weighted by Crippen LogP contribution is -2.25. The summed E-state index contributed by atoms with van der Waals surface area (Å²) in [6.07, 6.45) is 0. The Morgan fingerprint density at radius 1 is 0.944 bits per heavy atom. The molecular formula is C14H9ClF2O. The van der Waals surface area contributed by atoms with E-state index >= 15 is 0 Å². The molecule has 92 valence electrons. The second-order valence-corrected chi connectivity index (χ2v) is 4.21. The predicted octanol–water partition coefficient (Wildman–Crippen LogP) is 4.31. The van der Waals surface area contributed by atoms with Crippen LogP contribution in [0.1, 0.15) is 15.9 Å². The predicted molar refractivity (Wildman–Crippen MR) is 66.1 cm³/mol. The van der Waals surface area contributed by atoms with Crippen LogP contribution in [0.4, 0.5) is 8.78 Å². The normalized spacial score (nSPS) is 11.3. The number of benzene rings is 2. The van der Waals surface area contributed by atoms with Gasteiger partial charge in [0.05, 0.1) is 0 Å². The maximum atomic E-state index is 14.0. The molecule has 0 atom stereocenters. The van der Waals surface area contributed by atoms with Gasteiger partial charge in [-0.3, -0.25) is 4.79 Å². The maximum Gasteiger partial charge on any atom is 0.334 e. The van der Waals surface area contributed by atoms with Crippen LogP contribution in [0, 0.1) is 0 Å². The van der Waals surface area contributed by atoms with Crippen LogP contribution in [0.2, 0.25) is 5.02 Å². The van der Waals surface area contributed by atoms with Crippen LogP contribution in [0.5, 0.6) is 0 Å². The lowest BCUT2D eigenvalue weighted by molar-refractivity contribution is 0.00743. The number of carbonyl (C=O) groups excluding carboxylic acids is 1. The van der Waals surface area contributed by atoms with Gasteiger partial charge >= 0.3 is 5.92 Å². The molecule has 0 fully saturated rings. The van der Waals surface area contributed by atoms with Gasteiger partial charge < -0.3 is 0 Å². The first-order valence-electron chi connectivity index (χ1n) is 5.25. The van der Waals surface area contributed by atoms with Crippen LogP contribution in [-0.2, 0) is 5.92 Å². The number of hydrogen-bond donors (Lipinski definition) is 0. The summed E-state index contributed by atoms with van der Waals surface area (Å²) in [5, 5.41) is 0.349. The van der Waals surface area contributed by atoms with E-state index in [4.69, 9.17) is 11.6 Å². The van der Waals surface area contributed by atoms with Crippen LogP contribution < -0.4 is 0 Å². The third-order valence-corrected chi connectivity index (χ3v) is 2.78. The second-order valence-electron chi connectivity index (χ2n) is 3.78.